The van der Waals surface area contributed by atoms with Gasteiger partial charge in [-0.3, -0.25) is 9.98 Å². The van der Waals surface area contributed by atoms with E-state index in [0.717, 1.165) is 62.2 Å². The molecule has 1 aliphatic heterocycles. The van der Waals surface area contributed by atoms with Crippen molar-refractivity contribution in [1.29, 1.82) is 0 Å². The summed E-state index contributed by atoms with van der Waals surface area (Å²) >= 11 is 0. The van der Waals surface area contributed by atoms with Crippen molar-refractivity contribution < 1.29 is 9.47 Å². The minimum Gasteiger partial charge on any atom is -0.497 e. The lowest BCUT2D eigenvalue weighted by Gasteiger charge is -2.21. The first-order valence-electron chi connectivity index (χ1n) is 10.1. The van der Waals surface area contributed by atoms with Crippen molar-refractivity contribution in [1.82, 2.24) is 15.6 Å². The number of benzene rings is 1. The number of hydrogen-bond donors (Lipinski definition) is 2. The molecule has 0 saturated carbocycles. The van der Waals surface area contributed by atoms with Gasteiger partial charge in [0.25, 0.3) is 0 Å². The summed E-state index contributed by atoms with van der Waals surface area (Å²) in [6.45, 7) is 5.53. The van der Waals surface area contributed by atoms with Gasteiger partial charge < -0.3 is 25.0 Å². The number of nitrogens with zero attached hydrogens (tertiary/aromatic N) is 3. The molecule has 1 atom stereocenters. The molecule has 2 N–H and O–H groups in total. The van der Waals surface area contributed by atoms with Crippen LogP contribution in [0.1, 0.15) is 18.9 Å². The molecule has 1 fully saturated rings. The van der Waals surface area contributed by atoms with Gasteiger partial charge in [-0.05, 0) is 31.4 Å². The summed E-state index contributed by atoms with van der Waals surface area (Å²) in [5.74, 6) is 2.48. The predicted octanol–water partition coefficient (Wildman–Crippen LogP) is 3.09. The fourth-order valence-electron chi connectivity index (χ4n) is 3.44. The third-order valence-corrected chi connectivity index (χ3v) is 4.97. The fraction of sp³-hybridized carbons (Fsp3) is 0.455. The van der Waals surface area contributed by atoms with E-state index in [2.05, 4.69) is 45.6 Å². The number of rotatable bonds is 8. The number of pyridine rings is 1. The number of methoxy groups -OCH3 is 2. The van der Waals surface area contributed by atoms with E-state index in [9.17, 15) is 0 Å². The molecule has 0 bridgehead atoms. The Balaban J connectivity index is 0.00000320. The summed E-state index contributed by atoms with van der Waals surface area (Å²) in [6, 6.07) is 10.4. The zero-order chi connectivity index (χ0) is 20.5. The van der Waals surface area contributed by atoms with Gasteiger partial charge in [0.05, 0.1) is 14.2 Å². The average Bonchev–Trinajstić information content (AvgIpc) is 3.23. The smallest absolute Gasteiger partial charge is 0.191 e. The highest BCUT2D eigenvalue weighted by Crippen LogP contribution is 2.30. The summed E-state index contributed by atoms with van der Waals surface area (Å²) in [6.07, 6.45) is 5.62. The van der Waals surface area contributed by atoms with Gasteiger partial charge in [-0.2, -0.15) is 0 Å². The van der Waals surface area contributed by atoms with E-state index < -0.39 is 0 Å². The molecule has 0 spiro atoms. The van der Waals surface area contributed by atoms with E-state index in [4.69, 9.17) is 14.5 Å². The maximum Gasteiger partial charge on any atom is 0.191 e. The number of halogens is 1. The number of nitrogens with one attached hydrogen (secondary N) is 2. The monoisotopic (exact) mass is 525 g/mol. The largest absolute Gasteiger partial charge is 0.497 e. The lowest BCUT2D eigenvalue weighted by atomic mass is 10.2. The van der Waals surface area contributed by atoms with Crippen molar-refractivity contribution in [2.24, 2.45) is 4.99 Å². The molecule has 1 aliphatic rings. The van der Waals surface area contributed by atoms with Crippen LogP contribution in [0.25, 0.3) is 0 Å². The molecule has 1 saturated heterocycles. The Kier molecular flexibility index (Phi) is 9.99. The van der Waals surface area contributed by atoms with E-state index in [1.54, 1.807) is 20.4 Å². The maximum absolute atomic E-state index is 5.41. The summed E-state index contributed by atoms with van der Waals surface area (Å²) in [4.78, 5) is 11.2. The molecular formula is C22H32IN5O2. The third-order valence-electron chi connectivity index (χ3n) is 4.97. The Morgan fingerprint density at radius 3 is 2.63 bits per heavy atom. The van der Waals surface area contributed by atoms with Crippen LogP contribution in [0.15, 0.2) is 47.7 Å². The Hall–Kier alpha value is -2.23. The highest BCUT2D eigenvalue weighted by molar-refractivity contribution is 14.0. The van der Waals surface area contributed by atoms with Crippen LogP contribution in [0.2, 0.25) is 0 Å². The minimum atomic E-state index is 0. The van der Waals surface area contributed by atoms with Gasteiger partial charge in [0.2, 0.25) is 0 Å². The second-order valence-corrected chi connectivity index (χ2v) is 7.02. The number of aromatic nitrogens is 1. The number of hydrogen-bond acceptors (Lipinski definition) is 5. The quantitative estimate of drug-likeness (QED) is 0.314. The van der Waals surface area contributed by atoms with Gasteiger partial charge >= 0.3 is 0 Å². The number of ether oxygens (including phenoxy) is 2. The second-order valence-electron chi connectivity index (χ2n) is 7.02. The molecule has 3 rings (SSSR count). The Morgan fingerprint density at radius 2 is 2.00 bits per heavy atom. The average molecular weight is 525 g/mol. The van der Waals surface area contributed by atoms with E-state index in [1.807, 2.05) is 18.3 Å². The van der Waals surface area contributed by atoms with Crippen molar-refractivity contribution in [3.63, 3.8) is 0 Å². The molecule has 30 heavy (non-hydrogen) atoms. The normalized spacial score (nSPS) is 16.0. The summed E-state index contributed by atoms with van der Waals surface area (Å²) in [5.41, 5.74) is 2.31. The van der Waals surface area contributed by atoms with E-state index in [-0.39, 0.29) is 24.0 Å². The number of anilines is 1. The van der Waals surface area contributed by atoms with Crippen molar-refractivity contribution in [2.75, 3.05) is 45.3 Å². The highest BCUT2D eigenvalue weighted by Gasteiger charge is 2.24. The topological polar surface area (TPSA) is 71.0 Å². The molecule has 1 aromatic heterocycles. The molecule has 1 aromatic carbocycles. The van der Waals surface area contributed by atoms with Gasteiger partial charge in [0, 0.05) is 68.5 Å². The van der Waals surface area contributed by atoms with Crippen LogP contribution in [-0.2, 0) is 6.42 Å². The zero-order valence-electron chi connectivity index (χ0n) is 17.9. The molecule has 2 heterocycles. The molecule has 2 aromatic rings. The predicted molar refractivity (Wildman–Crippen MR) is 133 cm³/mol. The minimum absolute atomic E-state index is 0. The molecule has 0 radical (unpaired) electrons. The highest BCUT2D eigenvalue weighted by atomic mass is 127. The zero-order valence-corrected chi connectivity index (χ0v) is 20.3. The third kappa shape index (κ3) is 6.93. The first-order valence-corrected chi connectivity index (χ1v) is 10.1. The lowest BCUT2D eigenvalue weighted by Crippen LogP contribution is -2.44. The standard InChI is InChI=1S/C22H31N5O2.HI/c1-4-24-22(25-10-7-17-6-5-9-23-15-17)26-18-8-11-27(16-18)19-12-20(28-2)14-21(13-19)29-3;/h5-6,9,12-15,18H,4,7-8,10-11,16H2,1-3H3,(H2,24,25,26);1H. The van der Waals surface area contributed by atoms with E-state index in [1.165, 1.54) is 5.56 Å². The van der Waals surface area contributed by atoms with Crippen LogP contribution in [-0.4, -0.2) is 57.4 Å². The molecule has 0 aliphatic carbocycles. The molecular weight excluding hydrogens is 493 g/mol. The van der Waals surface area contributed by atoms with Gasteiger partial charge in [0.1, 0.15) is 11.5 Å². The SMILES string of the molecule is CCNC(=NCCc1cccnc1)NC1CCN(c2cc(OC)cc(OC)c2)C1.I. The van der Waals surface area contributed by atoms with Crippen molar-refractivity contribution in [2.45, 2.75) is 25.8 Å². The van der Waals surface area contributed by atoms with Gasteiger partial charge in [0.15, 0.2) is 5.96 Å². The molecule has 0 amide bonds. The molecule has 7 nitrogen and oxygen atoms in total. The van der Waals surface area contributed by atoms with Crippen LogP contribution in [0.3, 0.4) is 0 Å². The van der Waals surface area contributed by atoms with Crippen molar-refractivity contribution >= 4 is 35.6 Å². The first kappa shape index (κ1) is 24.0. The van der Waals surface area contributed by atoms with E-state index >= 15 is 0 Å². The summed E-state index contributed by atoms with van der Waals surface area (Å²) in [5, 5.41) is 6.93. The van der Waals surface area contributed by atoms with Crippen LogP contribution in [0, 0.1) is 0 Å². The number of aliphatic imine (C=N–C) groups is 1. The van der Waals surface area contributed by atoms with Gasteiger partial charge in [-0.15, -0.1) is 24.0 Å². The Labute approximate surface area is 196 Å². The van der Waals surface area contributed by atoms with E-state index in [0.29, 0.717) is 6.04 Å². The van der Waals surface area contributed by atoms with Crippen molar-refractivity contribution in [3.8, 4) is 11.5 Å². The molecule has 1 unspecified atom stereocenters. The Bertz CT molecular complexity index is 781. The molecule has 164 valence electrons. The summed E-state index contributed by atoms with van der Waals surface area (Å²) in [7, 11) is 3.36. The fourth-order valence-corrected chi connectivity index (χ4v) is 3.44. The summed E-state index contributed by atoms with van der Waals surface area (Å²) < 4.78 is 10.8. The first-order chi connectivity index (χ1) is 14.2. The number of guanidine groups is 1. The second kappa shape index (κ2) is 12.5. The Morgan fingerprint density at radius 1 is 1.23 bits per heavy atom. The lowest BCUT2D eigenvalue weighted by molar-refractivity contribution is 0.394. The van der Waals surface area contributed by atoms with Crippen molar-refractivity contribution in [3.05, 3.63) is 48.3 Å². The van der Waals surface area contributed by atoms with Crippen LogP contribution >= 0.6 is 24.0 Å². The maximum atomic E-state index is 5.41. The van der Waals surface area contributed by atoms with Gasteiger partial charge in [-0.1, -0.05) is 6.07 Å². The molecule has 8 heteroatoms. The van der Waals surface area contributed by atoms with Crippen LogP contribution < -0.4 is 25.0 Å². The van der Waals surface area contributed by atoms with Gasteiger partial charge in [-0.25, -0.2) is 0 Å². The van der Waals surface area contributed by atoms with Crippen LogP contribution in [0.4, 0.5) is 5.69 Å². The van der Waals surface area contributed by atoms with Crippen LogP contribution in [0.5, 0.6) is 11.5 Å².